The van der Waals surface area contributed by atoms with Crippen molar-refractivity contribution in [3.8, 4) is 0 Å². The second-order valence-corrected chi connectivity index (χ2v) is 3.47. The topological polar surface area (TPSA) is 17.1 Å². The first-order valence-corrected chi connectivity index (χ1v) is 4.27. The summed E-state index contributed by atoms with van der Waals surface area (Å²) in [6.45, 7) is 8.27. The fraction of sp³-hybridized carbons (Fsp3) is 0.545. The number of hydrogen-bond donors (Lipinski definition) is 0. The lowest BCUT2D eigenvalue weighted by molar-refractivity contribution is 0.555. The van der Waals surface area contributed by atoms with Gasteiger partial charge in [-0.3, -0.25) is 4.79 Å². The molecule has 0 atom stereocenters. The van der Waals surface area contributed by atoms with Crippen LogP contribution in [-0.4, -0.2) is 6.29 Å². The van der Waals surface area contributed by atoms with Gasteiger partial charge in [0.2, 0.25) is 6.29 Å². The molecule has 0 heterocycles. The fourth-order valence-corrected chi connectivity index (χ4v) is 1.13. The molecule has 67 valence electrons. The highest BCUT2D eigenvalue weighted by atomic mass is 16.1. The Kier molecular flexibility index (Phi) is 5.35. The van der Waals surface area contributed by atoms with Crippen molar-refractivity contribution in [3.05, 3.63) is 23.3 Å². The third-order valence-corrected chi connectivity index (χ3v) is 1.42. The van der Waals surface area contributed by atoms with Gasteiger partial charge in [-0.2, -0.15) is 0 Å². The van der Waals surface area contributed by atoms with Crippen molar-refractivity contribution < 1.29 is 4.79 Å². The second kappa shape index (κ2) is 5.76. The van der Waals surface area contributed by atoms with E-state index in [2.05, 4.69) is 19.9 Å². The Morgan fingerprint density at radius 1 is 1.42 bits per heavy atom. The van der Waals surface area contributed by atoms with E-state index in [0.29, 0.717) is 12.3 Å². The molecule has 0 aliphatic heterocycles. The molecule has 12 heavy (non-hydrogen) atoms. The van der Waals surface area contributed by atoms with Gasteiger partial charge in [0.05, 0.1) is 0 Å². The molecule has 0 aromatic heterocycles. The second-order valence-electron chi connectivity index (χ2n) is 3.47. The molecule has 0 unspecified atom stereocenters. The summed E-state index contributed by atoms with van der Waals surface area (Å²) in [5.41, 5.74) is 2.29. The molecular weight excluding hydrogens is 148 g/mol. The van der Waals surface area contributed by atoms with Crippen LogP contribution in [0.1, 0.15) is 34.1 Å². The van der Waals surface area contributed by atoms with Crippen LogP contribution in [0.15, 0.2) is 23.3 Å². The Morgan fingerprint density at radius 2 is 2.00 bits per heavy atom. The normalized spacial score (nSPS) is 13.8. The molecule has 0 saturated heterocycles. The van der Waals surface area contributed by atoms with Crippen LogP contribution in [0.4, 0.5) is 0 Å². The maximum absolute atomic E-state index is 10.0. The summed E-state index contributed by atoms with van der Waals surface area (Å²) >= 11 is 0. The smallest absolute Gasteiger partial charge is 0.202 e. The zero-order valence-corrected chi connectivity index (χ0v) is 8.35. The number of allylic oxidation sites excluding steroid dienone is 4. The van der Waals surface area contributed by atoms with Gasteiger partial charge < -0.3 is 0 Å². The molecule has 0 spiro atoms. The molecule has 0 amide bonds. The van der Waals surface area contributed by atoms with Crippen molar-refractivity contribution in [1.82, 2.24) is 0 Å². The van der Waals surface area contributed by atoms with Crippen molar-refractivity contribution in [2.24, 2.45) is 5.92 Å². The first-order valence-electron chi connectivity index (χ1n) is 4.27. The van der Waals surface area contributed by atoms with Gasteiger partial charge in [0, 0.05) is 6.42 Å². The molecule has 0 aliphatic carbocycles. The van der Waals surface area contributed by atoms with Crippen LogP contribution in [0.25, 0.3) is 0 Å². The summed E-state index contributed by atoms with van der Waals surface area (Å²) in [6, 6.07) is 0. The zero-order valence-electron chi connectivity index (χ0n) is 8.35. The molecule has 0 aliphatic rings. The minimum absolute atomic E-state index is 0.420. The monoisotopic (exact) mass is 165 g/mol. The molecule has 0 rings (SSSR count). The Morgan fingerprint density at radius 3 is 2.42 bits per heavy atom. The average molecular weight is 165 g/mol. The van der Waals surface area contributed by atoms with Crippen LogP contribution in [0.3, 0.4) is 0 Å². The van der Waals surface area contributed by atoms with Crippen molar-refractivity contribution >= 4 is 6.29 Å². The highest BCUT2D eigenvalue weighted by molar-refractivity contribution is 5.55. The number of hydrogen-bond acceptors (Lipinski definition) is 1. The van der Waals surface area contributed by atoms with Gasteiger partial charge in [-0.05, 0) is 19.8 Å². The Hall–Kier alpha value is -0.850. The van der Waals surface area contributed by atoms with Gasteiger partial charge in [-0.25, -0.2) is 0 Å². The van der Waals surface area contributed by atoms with E-state index in [0.717, 1.165) is 5.57 Å². The highest BCUT2D eigenvalue weighted by Gasteiger charge is 1.91. The van der Waals surface area contributed by atoms with Crippen LogP contribution < -0.4 is 0 Å². The van der Waals surface area contributed by atoms with Gasteiger partial charge in [-0.1, -0.05) is 37.1 Å². The van der Waals surface area contributed by atoms with E-state index < -0.39 is 0 Å². The fourth-order valence-electron chi connectivity index (χ4n) is 1.13. The lowest BCUT2D eigenvalue weighted by Gasteiger charge is -1.98. The first-order chi connectivity index (χ1) is 5.56. The SMILES string of the molecule is CC(=CC(C)C)C=C(C)C[C]=O. The maximum atomic E-state index is 10.0. The van der Waals surface area contributed by atoms with Gasteiger partial charge in [0.15, 0.2) is 0 Å². The van der Waals surface area contributed by atoms with E-state index in [1.807, 2.05) is 26.2 Å². The molecule has 0 aromatic carbocycles. The third kappa shape index (κ3) is 5.90. The van der Waals surface area contributed by atoms with Crippen molar-refractivity contribution in [2.75, 3.05) is 0 Å². The molecule has 0 aromatic rings. The van der Waals surface area contributed by atoms with Crippen LogP contribution >= 0.6 is 0 Å². The van der Waals surface area contributed by atoms with E-state index in [-0.39, 0.29) is 0 Å². The van der Waals surface area contributed by atoms with Gasteiger partial charge in [-0.15, -0.1) is 0 Å². The molecule has 1 heteroatoms. The zero-order chi connectivity index (χ0) is 9.56. The Balaban J connectivity index is 4.21. The average Bonchev–Trinajstić information content (AvgIpc) is 1.84. The predicted octanol–water partition coefficient (Wildman–Crippen LogP) is 3.03. The van der Waals surface area contributed by atoms with Crippen molar-refractivity contribution in [1.29, 1.82) is 0 Å². The molecule has 0 fully saturated rings. The van der Waals surface area contributed by atoms with Crippen molar-refractivity contribution in [3.63, 3.8) is 0 Å². The summed E-state index contributed by atoms with van der Waals surface area (Å²) in [6.07, 6.45) is 6.51. The minimum atomic E-state index is 0.420. The molecule has 1 radical (unpaired) electrons. The molecular formula is C11H17O. The van der Waals surface area contributed by atoms with E-state index in [4.69, 9.17) is 0 Å². The van der Waals surface area contributed by atoms with E-state index >= 15 is 0 Å². The minimum Gasteiger partial charge on any atom is -0.291 e. The maximum Gasteiger partial charge on any atom is 0.202 e. The lowest BCUT2D eigenvalue weighted by atomic mass is 10.1. The Bertz CT molecular complexity index is 197. The van der Waals surface area contributed by atoms with Gasteiger partial charge in [0.1, 0.15) is 0 Å². The summed E-state index contributed by atoms with van der Waals surface area (Å²) in [4.78, 5) is 10.0. The summed E-state index contributed by atoms with van der Waals surface area (Å²) in [5.74, 6) is 0.564. The van der Waals surface area contributed by atoms with E-state index in [9.17, 15) is 4.79 Å². The summed E-state index contributed by atoms with van der Waals surface area (Å²) in [7, 11) is 0. The largest absolute Gasteiger partial charge is 0.291 e. The number of carbonyl (C=O) groups excluding carboxylic acids is 1. The predicted molar refractivity (Wildman–Crippen MR) is 52.7 cm³/mol. The van der Waals surface area contributed by atoms with Crippen LogP contribution in [0, 0.1) is 5.92 Å². The Labute approximate surface area is 75.2 Å². The van der Waals surface area contributed by atoms with Crippen LogP contribution in [-0.2, 0) is 4.79 Å². The molecule has 0 N–H and O–H groups in total. The summed E-state index contributed by atoms with van der Waals surface area (Å²) in [5, 5.41) is 0. The van der Waals surface area contributed by atoms with E-state index in [1.165, 1.54) is 5.57 Å². The standard InChI is InChI=1S/C11H17O/c1-9(2)7-11(4)8-10(3)5-6-12/h7-9H,5H2,1-4H3. The molecule has 0 bridgehead atoms. The van der Waals surface area contributed by atoms with Crippen molar-refractivity contribution in [2.45, 2.75) is 34.1 Å². The number of rotatable bonds is 4. The summed E-state index contributed by atoms with van der Waals surface area (Å²) < 4.78 is 0. The molecule has 0 saturated carbocycles. The van der Waals surface area contributed by atoms with Gasteiger partial charge >= 0.3 is 0 Å². The first kappa shape index (κ1) is 11.2. The van der Waals surface area contributed by atoms with Crippen LogP contribution in [0.5, 0.6) is 0 Å². The van der Waals surface area contributed by atoms with E-state index in [1.54, 1.807) is 0 Å². The molecule has 1 nitrogen and oxygen atoms in total. The highest BCUT2D eigenvalue weighted by Crippen LogP contribution is 2.07. The lowest BCUT2D eigenvalue weighted by Crippen LogP contribution is -1.83. The van der Waals surface area contributed by atoms with Crippen LogP contribution in [0.2, 0.25) is 0 Å². The quantitative estimate of drug-likeness (QED) is 0.585. The third-order valence-electron chi connectivity index (χ3n) is 1.42. The van der Waals surface area contributed by atoms with Gasteiger partial charge in [0.25, 0.3) is 0 Å².